The van der Waals surface area contributed by atoms with Gasteiger partial charge in [0.05, 0.1) is 0 Å². The molecule has 0 amide bonds. The van der Waals surface area contributed by atoms with E-state index in [2.05, 4.69) is 14.1 Å². The van der Waals surface area contributed by atoms with Crippen LogP contribution in [0.3, 0.4) is 0 Å². The van der Waals surface area contributed by atoms with E-state index >= 15 is 0 Å². The summed E-state index contributed by atoms with van der Waals surface area (Å²) >= 11 is 0. The maximum Gasteiger partial charge on any atom is 0.00634 e. The molecule has 2 nitrogen and oxygen atoms in total. The molecule has 2 N–H and O–H groups in total. The number of rotatable bonds is 0. The number of hydrogen-bond acceptors (Lipinski definition) is 2. The lowest BCUT2D eigenvalue weighted by molar-refractivity contribution is 0.345. The fourth-order valence-electron chi connectivity index (χ4n) is 0.919. The number of piperidine rings is 1. The lowest BCUT2D eigenvalue weighted by Crippen LogP contribution is -2.34. The van der Waals surface area contributed by atoms with Gasteiger partial charge in [-0.25, -0.2) is 0 Å². The van der Waals surface area contributed by atoms with E-state index in [0.29, 0.717) is 6.04 Å². The quantitative estimate of drug-likeness (QED) is 0.477. The highest BCUT2D eigenvalue weighted by molar-refractivity contribution is 7.13. The predicted octanol–water partition coefficient (Wildman–Crippen LogP) is 0.200. The summed E-state index contributed by atoms with van der Waals surface area (Å²) in [5.41, 5.74) is 5.66. The van der Waals surface area contributed by atoms with Crippen molar-refractivity contribution in [2.24, 2.45) is 5.73 Å². The van der Waals surface area contributed by atoms with Gasteiger partial charge in [-0.2, -0.15) is 0 Å². The first-order valence-electron chi connectivity index (χ1n) is 3.04. The minimum atomic E-state index is 0.465. The summed E-state index contributed by atoms with van der Waals surface area (Å²) in [5, 5.41) is 0. The highest BCUT2D eigenvalue weighted by Gasteiger charge is 2.11. The molecule has 1 unspecified atom stereocenters. The van der Waals surface area contributed by atoms with Crippen LogP contribution in [0, 0.1) is 0 Å². The van der Waals surface area contributed by atoms with Gasteiger partial charge in [-0.15, -0.1) is 0 Å². The second-order valence-electron chi connectivity index (χ2n) is 2.37. The van der Waals surface area contributed by atoms with Gasteiger partial charge in [-0.05, 0) is 12.8 Å². The second kappa shape index (κ2) is 2.77. The van der Waals surface area contributed by atoms with E-state index in [1.807, 2.05) is 0 Å². The lowest BCUT2D eigenvalue weighted by Gasteiger charge is -2.25. The van der Waals surface area contributed by atoms with E-state index in [9.17, 15) is 0 Å². The molecule has 1 atom stereocenters. The minimum absolute atomic E-state index is 0.465. The third-order valence-electron chi connectivity index (χ3n) is 1.57. The third kappa shape index (κ3) is 1.70. The van der Waals surface area contributed by atoms with Crippen molar-refractivity contribution < 1.29 is 0 Å². The van der Waals surface area contributed by atoms with E-state index in [-0.39, 0.29) is 0 Å². The zero-order valence-corrected chi connectivity index (χ0v) is 6.16. The molecule has 1 heterocycles. The van der Waals surface area contributed by atoms with Gasteiger partial charge in [0.2, 0.25) is 0 Å². The monoisotopic (exact) mass is 132 g/mol. The SMILES string of the molecule is NC1CCN(P)CC1. The van der Waals surface area contributed by atoms with Crippen LogP contribution >= 0.6 is 9.39 Å². The van der Waals surface area contributed by atoms with Gasteiger partial charge in [-0.1, -0.05) is 9.39 Å². The number of hydrogen-bond donors (Lipinski definition) is 1. The van der Waals surface area contributed by atoms with Crippen molar-refractivity contribution in [2.45, 2.75) is 18.9 Å². The predicted molar refractivity (Wildman–Crippen MR) is 38.5 cm³/mol. The number of nitrogens with two attached hydrogens (primary N) is 1. The molecule has 0 spiro atoms. The third-order valence-corrected chi connectivity index (χ3v) is 2.09. The fraction of sp³-hybridized carbons (Fsp3) is 1.00. The Balaban J connectivity index is 2.19. The van der Waals surface area contributed by atoms with Crippen LogP contribution in [0.25, 0.3) is 0 Å². The molecule has 1 saturated heterocycles. The maximum atomic E-state index is 5.66. The molecule has 48 valence electrons. The molecule has 1 rings (SSSR count). The van der Waals surface area contributed by atoms with E-state index in [0.717, 1.165) is 25.9 Å². The molecule has 0 saturated carbocycles. The fourth-order valence-corrected chi connectivity index (χ4v) is 1.22. The summed E-state index contributed by atoms with van der Waals surface area (Å²) in [7, 11) is 2.70. The summed E-state index contributed by atoms with van der Waals surface area (Å²) in [5.74, 6) is 0. The Kier molecular flexibility index (Phi) is 2.24. The Labute approximate surface area is 52.7 Å². The lowest BCUT2D eigenvalue weighted by atomic mass is 10.1. The zero-order chi connectivity index (χ0) is 5.98. The Morgan fingerprint density at radius 3 is 2.25 bits per heavy atom. The zero-order valence-electron chi connectivity index (χ0n) is 5.01. The normalized spacial score (nSPS) is 26.2. The molecule has 8 heavy (non-hydrogen) atoms. The summed E-state index contributed by atoms with van der Waals surface area (Å²) in [6, 6.07) is 0.465. The van der Waals surface area contributed by atoms with Gasteiger partial charge in [-0.3, -0.25) is 4.67 Å². The standard InChI is InChI=1S/C5H13N2P/c6-5-1-3-7(8)4-2-5/h5H,1-4,6,8H2. The van der Waals surface area contributed by atoms with Crippen molar-refractivity contribution in [1.29, 1.82) is 0 Å². The van der Waals surface area contributed by atoms with Crippen LogP contribution in [0.4, 0.5) is 0 Å². The van der Waals surface area contributed by atoms with Gasteiger partial charge in [0.25, 0.3) is 0 Å². The van der Waals surface area contributed by atoms with E-state index in [1.54, 1.807) is 0 Å². The van der Waals surface area contributed by atoms with Gasteiger partial charge in [0.15, 0.2) is 0 Å². The Bertz CT molecular complexity index is 58.8. The molecule has 0 aromatic carbocycles. The maximum absolute atomic E-state index is 5.66. The van der Waals surface area contributed by atoms with Crippen LogP contribution in [0.1, 0.15) is 12.8 Å². The molecule has 0 bridgehead atoms. The highest BCUT2D eigenvalue weighted by Crippen LogP contribution is 2.10. The van der Waals surface area contributed by atoms with E-state index in [1.165, 1.54) is 0 Å². The highest BCUT2D eigenvalue weighted by atomic mass is 31.0. The molecule has 1 aliphatic rings. The van der Waals surface area contributed by atoms with Gasteiger partial charge in [0.1, 0.15) is 0 Å². The molecule has 0 aliphatic carbocycles. The van der Waals surface area contributed by atoms with Crippen molar-refractivity contribution in [2.75, 3.05) is 13.1 Å². The second-order valence-corrected chi connectivity index (χ2v) is 3.10. The summed E-state index contributed by atoms with van der Waals surface area (Å²) in [6.45, 7) is 2.29. The van der Waals surface area contributed by atoms with Crippen LogP contribution < -0.4 is 5.73 Å². The molecule has 0 aromatic heterocycles. The molecule has 1 aliphatic heterocycles. The Morgan fingerprint density at radius 2 is 1.88 bits per heavy atom. The molecule has 0 aromatic rings. The largest absolute Gasteiger partial charge is 0.328 e. The minimum Gasteiger partial charge on any atom is -0.328 e. The first-order chi connectivity index (χ1) is 3.79. The molecular weight excluding hydrogens is 119 g/mol. The molecule has 1 fully saturated rings. The van der Waals surface area contributed by atoms with Crippen molar-refractivity contribution >= 4 is 9.39 Å². The van der Waals surface area contributed by atoms with Crippen LogP contribution in [0.5, 0.6) is 0 Å². The van der Waals surface area contributed by atoms with Crippen molar-refractivity contribution in [3.8, 4) is 0 Å². The summed E-state index contributed by atoms with van der Waals surface area (Å²) in [4.78, 5) is 0. The van der Waals surface area contributed by atoms with Gasteiger partial charge < -0.3 is 5.73 Å². The van der Waals surface area contributed by atoms with Crippen molar-refractivity contribution in [1.82, 2.24) is 4.67 Å². The van der Waals surface area contributed by atoms with Crippen LogP contribution in [-0.2, 0) is 0 Å². The molecule has 3 heteroatoms. The van der Waals surface area contributed by atoms with Crippen molar-refractivity contribution in [3.05, 3.63) is 0 Å². The van der Waals surface area contributed by atoms with Gasteiger partial charge >= 0.3 is 0 Å². The summed E-state index contributed by atoms with van der Waals surface area (Å²) in [6.07, 6.45) is 2.31. The van der Waals surface area contributed by atoms with Crippen LogP contribution in [0.15, 0.2) is 0 Å². The first kappa shape index (κ1) is 6.47. The Morgan fingerprint density at radius 1 is 1.38 bits per heavy atom. The molecular formula is C5H13N2P. The van der Waals surface area contributed by atoms with Crippen molar-refractivity contribution in [3.63, 3.8) is 0 Å². The first-order valence-corrected chi connectivity index (χ1v) is 3.56. The van der Waals surface area contributed by atoms with Crippen LogP contribution in [-0.4, -0.2) is 23.8 Å². The summed E-state index contributed by atoms with van der Waals surface area (Å²) < 4.78 is 2.24. The van der Waals surface area contributed by atoms with E-state index < -0.39 is 0 Å². The van der Waals surface area contributed by atoms with Gasteiger partial charge in [0, 0.05) is 19.1 Å². The topological polar surface area (TPSA) is 29.3 Å². The Hall–Kier alpha value is 0.350. The van der Waals surface area contributed by atoms with Crippen LogP contribution in [0.2, 0.25) is 0 Å². The smallest absolute Gasteiger partial charge is 0.00634 e. The van der Waals surface area contributed by atoms with E-state index in [4.69, 9.17) is 5.73 Å². The molecule has 0 radical (unpaired) electrons. The average molecular weight is 132 g/mol. The average Bonchev–Trinajstić information content (AvgIpc) is 1.77. The number of nitrogens with zero attached hydrogens (tertiary/aromatic N) is 1.